The highest BCUT2D eigenvalue weighted by Crippen LogP contribution is 2.27. The van der Waals surface area contributed by atoms with Gasteiger partial charge in [0.2, 0.25) is 0 Å². The number of furan rings is 1. The fraction of sp³-hybridized carbons (Fsp3) is 0.100. The van der Waals surface area contributed by atoms with E-state index in [9.17, 15) is 4.79 Å². The van der Waals surface area contributed by atoms with E-state index in [1.165, 1.54) is 11.3 Å². The molecule has 0 saturated heterocycles. The highest BCUT2D eigenvalue weighted by Gasteiger charge is 2.14. The zero-order chi connectivity index (χ0) is 18.8. The maximum absolute atomic E-state index is 12.4. The summed E-state index contributed by atoms with van der Waals surface area (Å²) in [4.78, 5) is 16.8. The third-order valence-corrected chi connectivity index (χ3v) is 5.31. The van der Waals surface area contributed by atoms with E-state index in [1.54, 1.807) is 12.1 Å². The number of aryl methyl sites for hydroxylation is 1. The number of halogens is 1. The number of aromatic nitrogens is 1. The highest BCUT2D eigenvalue weighted by molar-refractivity contribution is 9.10. The first kappa shape index (κ1) is 17.8. The van der Waals surface area contributed by atoms with Crippen LogP contribution in [-0.4, -0.2) is 10.9 Å². The molecule has 4 aromatic rings. The van der Waals surface area contributed by atoms with Gasteiger partial charge in [-0.05, 0) is 61.0 Å². The molecule has 0 aliphatic carbocycles. The van der Waals surface area contributed by atoms with Crippen molar-refractivity contribution < 1.29 is 13.9 Å². The van der Waals surface area contributed by atoms with Crippen molar-refractivity contribution in [2.45, 2.75) is 13.5 Å². The van der Waals surface area contributed by atoms with Crippen molar-refractivity contribution >= 4 is 48.5 Å². The summed E-state index contributed by atoms with van der Waals surface area (Å²) in [6.07, 6.45) is 0. The topological polar surface area (TPSA) is 64.4 Å². The zero-order valence-electron chi connectivity index (χ0n) is 14.4. The maximum atomic E-state index is 12.4. The van der Waals surface area contributed by atoms with Crippen LogP contribution in [-0.2, 0) is 6.61 Å². The average molecular weight is 443 g/mol. The predicted molar refractivity (Wildman–Crippen MR) is 109 cm³/mol. The number of amides is 1. The fourth-order valence-electron chi connectivity index (χ4n) is 2.51. The largest absolute Gasteiger partial charge is 0.486 e. The molecule has 7 heteroatoms. The molecule has 0 radical (unpaired) electrons. The molecule has 0 fully saturated rings. The van der Waals surface area contributed by atoms with Gasteiger partial charge in [-0.25, -0.2) is 4.98 Å². The molecule has 0 bridgehead atoms. The van der Waals surface area contributed by atoms with E-state index in [4.69, 9.17) is 9.15 Å². The summed E-state index contributed by atoms with van der Waals surface area (Å²) in [5.74, 6) is 1.19. The summed E-state index contributed by atoms with van der Waals surface area (Å²) in [6.45, 7) is 2.27. The minimum absolute atomic E-state index is 0.222. The van der Waals surface area contributed by atoms with Gasteiger partial charge in [0.25, 0.3) is 5.91 Å². The van der Waals surface area contributed by atoms with E-state index in [2.05, 4.69) is 26.2 Å². The zero-order valence-corrected chi connectivity index (χ0v) is 16.8. The number of hydrogen-bond donors (Lipinski definition) is 1. The van der Waals surface area contributed by atoms with Gasteiger partial charge in [0.05, 0.1) is 10.2 Å². The lowest BCUT2D eigenvalue weighted by atomic mass is 10.2. The first-order chi connectivity index (χ1) is 13.1. The van der Waals surface area contributed by atoms with E-state index in [0.29, 0.717) is 10.9 Å². The Morgan fingerprint density at radius 3 is 2.81 bits per heavy atom. The van der Waals surface area contributed by atoms with Crippen molar-refractivity contribution in [2.24, 2.45) is 0 Å². The predicted octanol–water partition coefficient (Wildman–Crippen LogP) is 5.79. The van der Waals surface area contributed by atoms with E-state index in [1.807, 2.05) is 49.4 Å². The standard InChI is InChI=1S/C20H15BrN2O3S/c1-12-2-8-16-18(10-12)27-20(22-16)23-19(24)17-9-7-15(26-17)11-25-14-5-3-13(21)4-6-14/h2-10H,11H2,1H3,(H,22,23,24). The van der Waals surface area contributed by atoms with Crippen LogP contribution in [0.3, 0.4) is 0 Å². The third kappa shape index (κ3) is 4.20. The van der Waals surface area contributed by atoms with Gasteiger partial charge in [0, 0.05) is 4.47 Å². The van der Waals surface area contributed by atoms with Gasteiger partial charge in [0.15, 0.2) is 10.9 Å². The number of rotatable bonds is 5. The van der Waals surface area contributed by atoms with Crippen molar-refractivity contribution in [3.05, 3.63) is 76.2 Å². The Morgan fingerprint density at radius 1 is 1.19 bits per heavy atom. The summed E-state index contributed by atoms with van der Waals surface area (Å²) in [6, 6.07) is 16.9. The lowest BCUT2D eigenvalue weighted by Crippen LogP contribution is -2.10. The summed E-state index contributed by atoms with van der Waals surface area (Å²) in [5.41, 5.74) is 2.02. The number of nitrogens with zero attached hydrogens (tertiary/aromatic N) is 1. The van der Waals surface area contributed by atoms with Crippen molar-refractivity contribution in [2.75, 3.05) is 5.32 Å². The van der Waals surface area contributed by atoms with Crippen molar-refractivity contribution in [1.82, 2.24) is 4.98 Å². The molecule has 0 aliphatic rings. The summed E-state index contributed by atoms with van der Waals surface area (Å²) < 4.78 is 13.3. The van der Waals surface area contributed by atoms with Crippen LogP contribution in [0.25, 0.3) is 10.2 Å². The number of ether oxygens (including phenoxy) is 1. The van der Waals surface area contributed by atoms with E-state index < -0.39 is 0 Å². The number of thiazole rings is 1. The van der Waals surface area contributed by atoms with E-state index in [0.717, 1.165) is 26.0 Å². The van der Waals surface area contributed by atoms with Gasteiger partial charge in [-0.1, -0.05) is 33.3 Å². The SMILES string of the molecule is Cc1ccc2nc(NC(=O)c3ccc(COc4ccc(Br)cc4)o3)sc2c1. The Labute approximate surface area is 168 Å². The van der Waals surface area contributed by atoms with Crippen LogP contribution in [0.4, 0.5) is 5.13 Å². The van der Waals surface area contributed by atoms with E-state index in [-0.39, 0.29) is 18.3 Å². The second-order valence-corrected chi connectivity index (χ2v) is 7.90. The van der Waals surface area contributed by atoms with Gasteiger partial charge >= 0.3 is 0 Å². The normalized spacial score (nSPS) is 10.9. The second-order valence-electron chi connectivity index (χ2n) is 5.95. The average Bonchev–Trinajstić information content (AvgIpc) is 3.27. The number of anilines is 1. The Balaban J connectivity index is 1.40. The second kappa shape index (κ2) is 7.54. The molecule has 2 aromatic heterocycles. The molecule has 27 heavy (non-hydrogen) atoms. The highest BCUT2D eigenvalue weighted by atomic mass is 79.9. The number of fused-ring (bicyclic) bond motifs is 1. The fourth-order valence-corrected chi connectivity index (χ4v) is 3.73. The Kier molecular flexibility index (Phi) is 4.96. The number of benzene rings is 2. The molecule has 1 N–H and O–H groups in total. The first-order valence-electron chi connectivity index (χ1n) is 8.22. The molecule has 0 aliphatic heterocycles. The molecule has 4 rings (SSSR count). The van der Waals surface area contributed by atoms with Crippen LogP contribution in [0.15, 0.2) is 63.5 Å². The first-order valence-corrected chi connectivity index (χ1v) is 9.83. The van der Waals surface area contributed by atoms with Gasteiger partial charge in [-0.2, -0.15) is 0 Å². The molecule has 1 amide bonds. The van der Waals surface area contributed by atoms with Crippen LogP contribution < -0.4 is 10.1 Å². The van der Waals surface area contributed by atoms with Gasteiger partial charge in [0.1, 0.15) is 18.1 Å². The number of nitrogens with one attached hydrogen (secondary N) is 1. The summed E-state index contributed by atoms with van der Waals surface area (Å²) >= 11 is 4.82. The quantitative estimate of drug-likeness (QED) is 0.424. The van der Waals surface area contributed by atoms with Gasteiger partial charge < -0.3 is 9.15 Å². The molecule has 2 aromatic carbocycles. The number of hydrogen-bond acceptors (Lipinski definition) is 5. The molecule has 0 unspecified atom stereocenters. The molecule has 2 heterocycles. The van der Waals surface area contributed by atoms with Crippen LogP contribution >= 0.6 is 27.3 Å². The van der Waals surface area contributed by atoms with E-state index >= 15 is 0 Å². The Bertz CT molecular complexity index is 1100. The van der Waals surface area contributed by atoms with Crippen molar-refractivity contribution in [1.29, 1.82) is 0 Å². The molecule has 136 valence electrons. The molecule has 0 atom stereocenters. The van der Waals surface area contributed by atoms with Crippen molar-refractivity contribution in [3.8, 4) is 5.75 Å². The summed E-state index contributed by atoms with van der Waals surface area (Å²) in [5, 5.41) is 3.34. The molecule has 5 nitrogen and oxygen atoms in total. The minimum atomic E-state index is -0.333. The smallest absolute Gasteiger partial charge is 0.293 e. The number of carbonyl (C=O) groups excluding carboxylic acids is 1. The van der Waals surface area contributed by atoms with Crippen molar-refractivity contribution in [3.63, 3.8) is 0 Å². The number of carbonyl (C=O) groups is 1. The van der Waals surface area contributed by atoms with Crippen LogP contribution in [0, 0.1) is 6.92 Å². The molecular weight excluding hydrogens is 428 g/mol. The van der Waals surface area contributed by atoms with Gasteiger partial charge in [-0.15, -0.1) is 0 Å². The molecular formula is C20H15BrN2O3S. The lowest BCUT2D eigenvalue weighted by molar-refractivity contribution is 0.0992. The minimum Gasteiger partial charge on any atom is -0.486 e. The van der Waals surface area contributed by atoms with Crippen LogP contribution in [0.1, 0.15) is 21.9 Å². The van der Waals surface area contributed by atoms with Crippen LogP contribution in [0.2, 0.25) is 0 Å². The Hall–Kier alpha value is -2.64. The molecule has 0 spiro atoms. The van der Waals surface area contributed by atoms with Gasteiger partial charge in [-0.3, -0.25) is 10.1 Å². The maximum Gasteiger partial charge on any atom is 0.293 e. The van der Waals surface area contributed by atoms with Crippen LogP contribution in [0.5, 0.6) is 5.75 Å². The summed E-state index contributed by atoms with van der Waals surface area (Å²) in [7, 11) is 0. The monoisotopic (exact) mass is 442 g/mol. The lowest BCUT2D eigenvalue weighted by Gasteiger charge is -2.04. The third-order valence-electron chi connectivity index (χ3n) is 3.84. The molecule has 0 saturated carbocycles. The Morgan fingerprint density at radius 2 is 2.00 bits per heavy atom.